The summed E-state index contributed by atoms with van der Waals surface area (Å²) in [5.74, 6) is 0. The Kier molecular flexibility index (Phi) is 4.03. The summed E-state index contributed by atoms with van der Waals surface area (Å²) in [6.45, 7) is 0.503. The third-order valence-electron chi connectivity index (χ3n) is 2.70. The van der Waals surface area contributed by atoms with Gasteiger partial charge in [-0.25, -0.2) is 0 Å². The van der Waals surface area contributed by atoms with Crippen LogP contribution in [0.25, 0.3) is 0 Å². The summed E-state index contributed by atoms with van der Waals surface area (Å²) < 4.78 is 0. The van der Waals surface area contributed by atoms with Crippen molar-refractivity contribution < 1.29 is 0 Å². The fourth-order valence-electron chi connectivity index (χ4n) is 1.69. The SMILES string of the molecule is N#Cc1ccc(CNc2ccccc2C#N)c(Cl)c1. The first-order valence-electron chi connectivity index (χ1n) is 5.66. The van der Waals surface area contributed by atoms with Gasteiger partial charge < -0.3 is 5.32 Å². The number of halogens is 1. The number of nitriles is 2. The van der Waals surface area contributed by atoms with Crippen LogP contribution in [-0.2, 0) is 6.54 Å². The fraction of sp³-hybridized carbons (Fsp3) is 0.0667. The van der Waals surface area contributed by atoms with Gasteiger partial charge in [0, 0.05) is 11.6 Å². The van der Waals surface area contributed by atoms with Crippen LogP contribution in [-0.4, -0.2) is 0 Å². The first kappa shape index (κ1) is 13.0. The Hall–Kier alpha value is -2.49. The molecule has 0 aliphatic rings. The third kappa shape index (κ3) is 3.04. The van der Waals surface area contributed by atoms with Gasteiger partial charge in [-0.1, -0.05) is 29.8 Å². The Morgan fingerprint density at radius 1 is 1.05 bits per heavy atom. The predicted molar refractivity (Wildman–Crippen MR) is 74.7 cm³/mol. The van der Waals surface area contributed by atoms with Crippen LogP contribution >= 0.6 is 11.6 Å². The molecule has 2 rings (SSSR count). The molecular weight excluding hydrogens is 258 g/mol. The normalized spacial score (nSPS) is 9.42. The molecule has 0 aliphatic heterocycles. The van der Waals surface area contributed by atoms with Crippen LogP contribution < -0.4 is 5.32 Å². The number of nitrogens with one attached hydrogen (secondary N) is 1. The number of nitrogens with zero attached hydrogens (tertiary/aromatic N) is 2. The van der Waals surface area contributed by atoms with E-state index in [1.54, 1.807) is 18.2 Å². The summed E-state index contributed by atoms with van der Waals surface area (Å²) in [7, 11) is 0. The molecule has 0 amide bonds. The average Bonchev–Trinajstić information content (AvgIpc) is 2.46. The van der Waals surface area contributed by atoms with Crippen molar-refractivity contribution in [3.8, 4) is 12.1 Å². The summed E-state index contributed by atoms with van der Waals surface area (Å²) in [5.41, 5.74) is 2.78. The molecule has 4 heteroatoms. The summed E-state index contributed by atoms with van der Waals surface area (Å²) >= 11 is 6.09. The van der Waals surface area contributed by atoms with Crippen molar-refractivity contribution in [3.05, 3.63) is 64.2 Å². The standard InChI is InChI=1S/C15H10ClN3/c16-14-7-11(8-17)5-6-13(14)10-19-15-4-2-1-3-12(15)9-18/h1-7,19H,10H2. The number of para-hydroxylation sites is 1. The van der Waals surface area contributed by atoms with Gasteiger partial charge in [-0.15, -0.1) is 0 Å². The number of hydrogen-bond donors (Lipinski definition) is 1. The second-order valence-electron chi connectivity index (χ2n) is 3.93. The molecule has 92 valence electrons. The van der Waals surface area contributed by atoms with Crippen molar-refractivity contribution in [2.24, 2.45) is 0 Å². The number of rotatable bonds is 3. The lowest BCUT2D eigenvalue weighted by Crippen LogP contribution is -2.01. The second-order valence-corrected chi connectivity index (χ2v) is 4.34. The molecule has 2 aromatic rings. The molecule has 3 nitrogen and oxygen atoms in total. The van der Waals surface area contributed by atoms with Gasteiger partial charge in [-0.3, -0.25) is 0 Å². The van der Waals surface area contributed by atoms with Crippen molar-refractivity contribution in [1.82, 2.24) is 0 Å². The Morgan fingerprint density at radius 3 is 2.53 bits per heavy atom. The fourth-order valence-corrected chi connectivity index (χ4v) is 1.93. The molecule has 0 aromatic heterocycles. The lowest BCUT2D eigenvalue weighted by Gasteiger charge is -2.09. The van der Waals surface area contributed by atoms with Gasteiger partial charge in [0.15, 0.2) is 0 Å². The van der Waals surface area contributed by atoms with Gasteiger partial charge in [0.05, 0.1) is 22.9 Å². The molecule has 0 fully saturated rings. The van der Waals surface area contributed by atoms with E-state index in [1.165, 1.54) is 0 Å². The molecule has 19 heavy (non-hydrogen) atoms. The summed E-state index contributed by atoms with van der Waals surface area (Å²) in [6.07, 6.45) is 0. The smallest absolute Gasteiger partial charge is 0.101 e. The van der Waals surface area contributed by atoms with Crippen LogP contribution in [0.3, 0.4) is 0 Å². The zero-order chi connectivity index (χ0) is 13.7. The number of anilines is 1. The van der Waals surface area contributed by atoms with Crippen LogP contribution in [0.5, 0.6) is 0 Å². The Labute approximate surface area is 116 Å². The highest BCUT2D eigenvalue weighted by Crippen LogP contribution is 2.20. The van der Waals surface area contributed by atoms with Gasteiger partial charge in [-0.2, -0.15) is 10.5 Å². The highest BCUT2D eigenvalue weighted by Gasteiger charge is 2.04. The van der Waals surface area contributed by atoms with E-state index in [1.807, 2.05) is 30.3 Å². The van der Waals surface area contributed by atoms with Gasteiger partial charge in [0.1, 0.15) is 6.07 Å². The average molecular weight is 268 g/mol. The van der Waals surface area contributed by atoms with Gasteiger partial charge in [0.2, 0.25) is 0 Å². The molecule has 0 spiro atoms. The molecule has 0 unspecified atom stereocenters. The van der Waals surface area contributed by atoms with Crippen LogP contribution in [0, 0.1) is 22.7 Å². The maximum atomic E-state index is 8.99. The van der Waals surface area contributed by atoms with E-state index >= 15 is 0 Å². The van der Waals surface area contributed by atoms with Crippen molar-refractivity contribution in [3.63, 3.8) is 0 Å². The molecule has 0 saturated carbocycles. The minimum absolute atomic E-state index is 0.503. The Morgan fingerprint density at radius 2 is 1.84 bits per heavy atom. The Balaban J connectivity index is 2.16. The molecule has 0 radical (unpaired) electrons. The maximum Gasteiger partial charge on any atom is 0.101 e. The molecular formula is C15H10ClN3. The largest absolute Gasteiger partial charge is 0.380 e. The highest BCUT2D eigenvalue weighted by molar-refractivity contribution is 6.31. The van der Waals surface area contributed by atoms with E-state index in [2.05, 4.69) is 11.4 Å². The summed E-state index contributed by atoms with van der Waals surface area (Å²) in [6, 6.07) is 16.6. The van der Waals surface area contributed by atoms with E-state index in [0.29, 0.717) is 22.7 Å². The van der Waals surface area contributed by atoms with Crippen LogP contribution in [0.15, 0.2) is 42.5 Å². The van der Waals surface area contributed by atoms with E-state index in [0.717, 1.165) is 11.3 Å². The second kappa shape index (κ2) is 5.91. The lowest BCUT2D eigenvalue weighted by atomic mass is 10.1. The van der Waals surface area contributed by atoms with Crippen LogP contribution in [0.2, 0.25) is 5.02 Å². The topological polar surface area (TPSA) is 59.6 Å². The quantitative estimate of drug-likeness (QED) is 0.922. The van der Waals surface area contributed by atoms with Gasteiger partial charge >= 0.3 is 0 Å². The lowest BCUT2D eigenvalue weighted by molar-refractivity contribution is 1.14. The zero-order valence-corrected chi connectivity index (χ0v) is 10.8. The Bertz CT molecular complexity index is 681. The molecule has 0 saturated heterocycles. The molecule has 0 heterocycles. The van der Waals surface area contributed by atoms with Crippen molar-refractivity contribution in [2.45, 2.75) is 6.54 Å². The molecule has 0 bridgehead atoms. The minimum atomic E-state index is 0.503. The first-order chi connectivity index (χ1) is 9.24. The minimum Gasteiger partial charge on any atom is -0.380 e. The zero-order valence-electron chi connectivity index (χ0n) is 10.0. The van der Waals surface area contributed by atoms with Crippen molar-refractivity contribution in [1.29, 1.82) is 10.5 Å². The van der Waals surface area contributed by atoms with Gasteiger partial charge in [-0.05, 0) is 29.8 Å². The highest BCUT2D eigenvalue weighted by atomic mass is 35.5. The van der Waals surface area contributed by atoms with E-state index in [-0.39, 0.29) is 0 Å². The first-order valence-corrected chi connectivity index (χ1v) is 6.04. The summed E-state index contributed by atoms with van der Waals surface area (Å²) in [5, 5.41) is 21.5. The van der Waals surface area contributed by atoms with Crippen molar-refractivity contribution >= 4 is 17.3 Å². The van der Waals surface area contributed by atoms with Crippen LogP contribution in [0.4, 0.5) is 5.69 Å². The van der Waals surface area contributed by atoms with Gasteiger partial charge in [0.25, 0.3) is 0 Å². The maximum absolute atomic E-state index is 8.99. The summed E-state index contributed by atoms with van der Waals surface area (Å²) in [4.78, 5) is 0. The third-order valence-corrected chi connectivity index (χ3v) is 3.05. The van der Waals surface area contributed by atoms with E-state index in [4.69, 9.17) is 22.1 Å². The predicted octanol–water partition coefficient (Wildman–Crippen LogP) is 3.70. The number of hydrogen-bond acceptors (Lipinski definition) is 3. The van der Waals surface area contributed by atoms with Crippen molar-refractivity contribution in [2.75, 3.05) is 5.32 Å². The van der Waals surface area contributed by atoms with Crippen LogP contribution in [0.1, 0.15) is 16.7 Å². The monoisotopic (exact) mass is 267 g/mol. The number of benzene rings is 2. The molecule has 1 N–H and O–H groups in total. The van der Waals surface area contributed by atoms with E-state index in [9.17, 15) is 0 Å². The molecule has 0 atom stereocenters. The molecule has 2 aromatic carbocycles. The van der Waals surface area contributed by atoms with E-state index < -0.39 is 0 Å². The molecule has 0 aliphatic carbocycles.